The molecule has 0 amide bonds. The number of hydrogen-bond acceptors (Lipinski definition) is 0. The molecule has 0 aliphatic rings. The normalized spacial score (nSPS) is 8.55. The van der Waals surface area contributed by atoms with Gasteiger partial charge in [0, 0.05) is 10.6 Å². The Morgan fingerprint density at radius 1 is 1.27 bits per heavy atom. The topological polar surface area (TPSA) is 0 Å². The molecule has 1 aromatic carbocycles. The molecule has 0 aromatic heterocycles. The van der Waals surface area contributed by atoms with Crippen LogP contribution in [0.4, 0.5) is 0 Å². The lowest BCUT2D eigenvalue weighted by Gasteiger charge is -1.88. The van der Waals surface area contributed by atoms with Crippen molar-refractivity contribution >= 4 is 24.2 Å². The zero-order valence-electron chi connectivity index (χ0n) is 5.80. The Balaban J connectivity index is 2.82. The monoisotopic (exact) mass is 181 g/mol. The van der Waals surface area contributed by atoms with Crippen molar-refractivity contribution in [3.63, 3.8) is 0 Å². The molecule has 1 radical (unpaired) electrons. The summed E-state index contributed by atoms with van der Waals surface area (Å²) in [5, 5.41) is 0.730. The Morgan fingerprint density at radius 3 is 2.45 bits per heavy atom. The number of halogens is 1. The second-order valence-corrected chi connectivity index (χ2v) is 2.68. The zero-order chi connectivity index (χ0) is 8.10. The molecule has 0 atom stereocenters. The minimum Gasteiger partial charge on any atom is -0.0861 e. The maximum absolute atomic E-state index is 5.68. The summed E-state index contributed by atoms with van der Waals surface area (Å²) in [7, 11) is 0. The minimum atomic E-state index is 0.475. The first-order valence-electron chi connectivity index (χ1n) is 3.15. The Hall–Kier alpha value is -0.580. The first-order chi connectivity index (χ1) is 5.33. The second-order valence-electron chi connectivity index (χ2n) is 1.95. The van der Waals surface area contributed by atoms with Crippen LogP contribution in [0.1, 0.15) is 5.56 Å². The first-order valence-corrected chi connectivity index (χ1v) is 4.11. The van der Waals surface area contributed by atoms with Crippen LogP contribution in [0.15, 0.2) is 24.3 Å². The lowest BCUT2D eigenvalue weighted by atomic mass is 10.2. The minimum absolute atomic E-state index is 0.475. The molecule has 0 spiro atoms. The van der Waals surface area contributed by atoms with Gasteiger partial charge < -0.3 is 0 Å². The van der Waals surface area contributed by atoms with E-state index in [2.05, 4.69) is 24.5 Å². The molecule has 11 heavy (non-hydrogen) atoms. The Morgan fingerprint density at radius 2 is 1.91 bits per heavy atom. The third-order valence-corrected chi connectivity index (χ3v) is 1.55. The molecule has 55 valence electrons. The van der Waals surface area contributed by atoms with E-state index in [1.54, 1.807) is 0 Å². The van der Waals surface area contributed by atoms with Gasteiger partial charge in [0.05, 0.1) is 5.75 Å². The van der Waals surface area contributed by atoms with E-state index < -0.39 is 0 Å². The van der Waals surface area contributed by atoms with E-state index in [1.165, 1.54) is 0 Å². The van der Waals surface area contributed by atoms with E-state index in [4.69, 9.17) is 11.6 Å². The number of hydrogen-bond donors (Lipinski definition) is 0. The third kappa shape index (κ3) is 2.88. The van der Waals surface area contributed by atoms with E-state index in [-0.39, 0.29) is 0 Å². The Bertz CT molecular complexity index is 279. The smallest absolute Gasteiger partial charge is 0.0655 e. The second kappa shape index (κ2) is 4.33. The van der Waals surface area contributed by atoms with Crippen molar-refractivity contribution in [3.8, 4) is 11.8 Å². The van der Waals surface area contributed by atoms with E-state index in [0.717, 1.165) is 10.6 Å². The fourth-order valence-electron chi connectivity index (χ4n) is 0.671. The predicted molar refractivity (Wildman–Crippen MR) is 50.8 cm³/mol. The van der Waals surface area contributed by atoms with E-state index in [1.807, 2.05) is 24.3 Å². The Labute approximate surface area is 77.0 Å². The SMILES string of the molecule is [S]CC#Cc1ccc(Cl)cc1. The average molecular weight is 182 g/mol. The first kappa shape index (κ1) is 8.52. The summed E-state index contributed by atoms with van der Waals surface area (Å²) < 4.78 is 0. The van der Waals surface area contributed by atoms with Gasteiger partial charge in [0.1, 0.15) is 0 Å². The van der Waals surface area contributed by atoms with Gasteiger partial charge in [0.15, 0.2) is 0 Å². The largest absolute Gasteiger partial charge is 0.0861 e. The summed E-state index contributed by atoms with van der Waals surface area (Å²) in [5.74, 6) is 6.19. The average Bonchev–Trinajstić information content (AvgIpc) is 2.04. The molecule has 0 saturated heterocycles. The van der Waals surface area contributed by atoms with Crippen LogP contribution in [0.2, 0.25) is 5.02 Å². The summed E-state index contributed by atoms with van der Waals surface area (Å²) in [6.45, 7) is 0. The van der Waals surface area contributed by atoms with Crippen molar-refractivity contribution < 1.29 is 0 Å². The molecule has 2 heteroatoms. The highest BCUT2D eigenvalue weighted by Crippen LogP contribution is 2.08. The number of rotatable bonds is 0. The van der Waals surface area contributed by atoms with Crippen LogP contribution in [0.5, 0.6) is 0 Å². The maximum Gasteiger partial charge on any atom is 0.0655 e. The van der Waals surface area contributed by atoms with Gasteiger partial charge in [-0.25, -0.2) is 0 Å². The fourth-order valence-corrected chi connectivity index (χ4v) is 0.870. The summed E-state index contributed by atoms with van der Waals surface area (Å²) in [6, 6.07) is 7.38. The van der Waals surface area contributed by atoms with Crippen LogP contribution in [0.3, 0.4) is 0 Å². The molecular formula is C9H6ClS. The van der Waals surface area contributed by atoms with E-state index in [9.17, 15) is 0 Å². The zero-order valence-corrected chi connectivity index (χ0v) is 7.38. The molecule has 1 rings (SSSR count). The van der Waals surface area contributed by atoms with Crippen molar-refractivity contribution in [2.75, 3.05) is 5.75 Å². The van der Waals surface area contributed by atoms with Gasteiger partial charge in [-0.15, -0.1) is 0 Å². The molecule has 0 aliphatic heterocycles. The maximum atomic E-state index is 5.68. The van der Waals surface area contributed by atoms with E-state index >= 15 is 0 Å². The third-order valence-electron chi connectivity index (χ3n) is 1.15. The van der Waals surface area contributed by atoms with Crippen LogP contribution in [-0.4, -0.2) is 5.75 Å². The molecule has 0 saturated carbocycles. The highest BCUT2D eigenvalue weighted by Gasteiger charge is 1.85. The van der Waals surface area contributed by atoms with Gasteiger partial charge in [-0.1, -0.05) is 36.1 Å². The van der Waals surface area contributed by atoms with Crippen molar-refractivity contribution in [2.45, 2.75) is 0 Å². The van der Waals surface area contributed by atoms with Crippen LogP contribution in [0, 0.1) is 11.8 Å². The van der Waals surface area contributed by atoms with Gasteiger partial charge in [0.25, 0.3) is 0 Å². The summed E-state index contributed by atoms with van der Waals surface area (Å²) in [5.41, 5.74) is 0.958. The van der Waals surface area contributed by atoms with Gasteiger partial charge in [-0.3, -0.25) is 0 Å². The highest BCUT2D eigenvalue weighted by atomic mass is 35.5. The van der Waals surface area contributed by atoms with Gasteiger partial charge in [0.2, 0.25) is 0 Å². The van der Waals surface area contributed by atoms with E-state index in [0.29, 0.717) is 5.75 Å². The molecule has 0 heterocycles. The predicted octanol–water partition coefficient (Wildman–Crippen LogP) is 2.89. The molecular weight excluding hydrogens is 176 g/mol. The van der Waals surface area contributed by atoms with Gasteiger partial charge >= 0.3 is 0 Å². The lowest BCUT2D eigenvalue weighted by Crippen LogP contribution is -1.72. The summed E-state index contributed by atoms with van der Waals surface area (Å²) in [6.07, 6.45) is 0. The molecule has 1 aromatic rings. The standard InChI is InChI=1S/C9H6ClS/c10-9-5-3-8(4-6-9)2-1-7-11/h3-6H,7H2. The van der Waals surface area contributed by atoms with Crippen LogP contribution < -0.4 is 0 Å². The van der Waals surface area contributed by atoms with Crippen molar-refractivity contribution in [3.05, 3.63) is 34.9 Å². The molecule has 0 fully saturated rings. The van der Waals surface area contributed by atoms with Gasteiger partial charge in [-0.2, -0.15) is 0 Å². The lowest BCUT2D eigenvalue weighted by molar-refractivity contribution is 1.64. The van der Waals surface area contributed by atoms with Crippen LogP contribution >= 0.6 is 24.2 Å². The van der Waals surface area contributed by atoms with Gasteiger partial charge in [-0.05, 0) is 24.3 Å². The summed E-state index contributed by atoms with van der Waals surface area (Å²) >= 11 is 10.4. The van der Waals surface area contributed by atoms with Crippen LogP contribution in [0.25, 0.3) is 0 Å². The number of benzene rings is 1. The van der Waals surface area contributed by atoms with Crippen LogP contribution in [-0.2, 0) is 0 Å². The Kier molecular flexibility index (Phi) is 3.35. The molecule has 0 unspecified atom stereocenters. The fraction of sp³-hybridized carbons (Fsp3) is 0.111. The quantitative estimate of drug-likeness (QED) is 0.540. The molecule has 0 N–H and O–H groups in total. The summed E-state index contributed by atoms with van der Waals surface area (Å²) in [4.78, 5) is 0. The van der Waals surface area contributed by atoms with Crippen molar-refractivity contribution in [1.29, 1.82) is 0 Å². The highest BCUT2D eigenvalue weighted by molar-refractivity contribution is 7.80. The van der Waals surface area contributed by atoms with Crippen molar-refractivity contribution in [1.82, 2.24) is 0 Å². The molecule has 0 bridgehead atoms. The molecule has 0 nitrogen and oxygen atoms in total. The molecule has 0 aliphatic carbocycles. The van der Waals surface area contributed by atoms with Crippen molar-refractivity contribution in [2.24, 2.45) is 0 Å².